The maximum Gasteiger partial charge on any atom is 0.107 e. The first-order valence-corrected chi connectivity index (χ1v) is 6.23. The van der Waals surface area contributed by atoms with E-state index in [2.05, 4.69) is 5.32 Å². The highest BCUT2D eigenvalue weighted by molar-refractivity contribution is 6.30. The molecule has 1 aliphatic rings. The lowest BCUT2D eigenvalue weighted by Crippen LogP contribution is -2.33. The van der Waals surface area contributed by atoms with Crippen molar-refractivity contribution < 1.29 is 4.39 Å². The van der Waals surface area contributed by atoms with Crippen molar-refractivity contribution >= 4 is 11.6 Å². The molecule has 16 heavy (non-hydrogen) atoms. The Morgan fingerprint density at radius 2 is 1.88 bits per heavy atom. The number of nitrogens with one attached hydrogen (secondary N) is 1. The summed E-state index contributed by atoms with van der Waals surface area (Å²) in [6.45, 7) is 1.90. The molecule has 1 saturated heterocycles. The molecular weight excluding hydrogens is 225 g/mol. The Kier molecular flexibility index (Phi) is 4.19. The highest BCUT2D eigenvalue weighted by atomic mass is 35.5. The third-order valence-corrected chi connectivity index (χ3v) is 3.49. The minimum atomic E-state index is -0.719. The molecule has 1 N–H and O–H groups in total. The summed E-state index contributed by atoms with van der Waals surface area (Å²) in [6, 6.07) is 7.48. The van der Waals surface area contributed by atoms with Crippen LogP contribution in [0.5, 0.6) is 0 Å². The van der Waals surface area contributed by atoms with Gasteiger partial charge in [0.25, 0.3) is 0 Å². The molecule has 0 aromatic heterocycles. The second kappa shape index (κ2) is 5.65. The van der Waals surface area contributed by atoms with E-state index in [4.69, 9.17) is 11.6 Å². The molecule has 0 radical (unpaired) electrons. The van der Waals surface area contributed by atoms with Gasteiger partial charge in [0.2, 0.25) is 0 Å². The number of halogens is 2. The van der Waals surface area contributed by atoms with Crippen molar-refractivity contribution in [1.82, 2.24) is 5.32 Å². The van der Waals surface area contributed by atoms with E-state index in [1.807, 2.05) is 24.3 Å². The van der Waals surface area contributed by atoms with Gasteiger partial charge in [-0.25, -0.2) is 4.39 Å². The van der Waals surface area contributed by atoms with E-state index < -0.39 is 6.17 Å². The molecule has 0 spiro atoms. The first kappa shape index (κ1) is 11.9. The summed E-state index contributed by atoms with van der Waals surface area (Å²) in [7, 11) is 0. The largest absolute Gasteiger partial charge is 0.317 e. The third kappa shape index (κ3) is 3.19. The summed E-state index contributed by atoms with van der Waals surface area (Å²) in [6.07, 6.45) is 1.70. The highest BCUT2D eigenvalue weighted by Crippen LogP contribution is 2.22. The number of piperidine rings is 1. The molecule has 0 aliphatic carbocycles. The fourth-order valence-electron chi connectivity index (χ4n) is 2.22. The molecule has 0 saturated carbocycles. The van der Waals surface area contributed by atoms with E-state index in [0.717, 1.165) is 31.5 Å². The monoisotopic (exact) mass is 241 g/mol. The molecule has 2 rings (SSSR count). The van der Waals surface area contributed by atoms with E-state index in [-0.39, 0.29) is 5.92 Å². The van der Waals surface area contributed by atoms with Crippen LogP contribution in [-0.2, 0) is 6.42 Å². The molecule has 3 heteroatoms. The van der Waals surface area contributed by atoms with Gasteiger partial charge in [0, 0.05) is 11.4 Å². The number of alkyl halides is 1. The number of benzene rings is 1. The van der Waals surface area contributed by atoms with Crippen LogP contribution in [-0.4, -0.2) is 19.3 Å². The van der Waals surface area contributed by atoms with Gasteiger partial charge in [0.15, 0.2) is 0 Å². The fraction of sp³-hybridized carbons (Fsp3) is 0.538. The molecule has 1 heterocycles. The Hall–Kier alpha value is -0.600. The molecule has 1 fully saturated rings. The van der Waals surface area contributed by atoms with Crippen LogP contribution in [0.15, 0.2) is 24.3 Å². The van der Waals surface area contributed by atoms with Crippen molar-refractivity contribution in [3.63, 3.8) is 0 Å². The lowest BCUT2D eigenvalue weighted by Gasteiger charge is -2.25. The highest BCUT2D eigenvalue weighted by Gasteiger charge is 2.23. The zero-order chi connectivity index (χ0) is 11.4. The van der Waals surface area contributed by atoms with Gasteiger partial charge in [-0.15, -0.1) is 0 Å². The van der Waals surface area contributed by atoms with Crippen molar-refractivity contribution in [1.29, 1.82) is 0 Å². The topological polar surface area (TPSA) is 12.0 Å². The molecule has 0 amide bonds. The Morgan fingerprint density at radius 3 is 2.50 bits per heavy atom. The van der Waals surface area contributed by atoms with E-state index in [1.54, 1.807) is 0 Å². The smallest absolute Gasteiger partial charge is 0.107 e. The van der Waals surface area contributed by atoms with Crippen LogP contribution < -0.4 is 5.32 Å². The van der Waals surface area contributed by atoms with Crippen molar-refractivity contribution in [2.45, 2.75) is 25.4 Å². The van der Waals surface area contributed by atoms with Crippen molar-refractivity contribution in [2.75, 3.05) is 13.1 Å². The minimum Gasteiger partial charge on any atom is -0.317 e. The summed E-state index contributed by atoms with van der Waals surface area (Å²) in [4.78, 5) is 0. The quantitative estimate of drug-likeness (QED) is 0.857. The molecule has 1 atom stereocenters. The standard InChI is InChI=1S/C13H17ClFN/c14-12-3-1-10(2-4-12)9-13(15)11-5-7-16-8-6-11/h1-4,11,13,16H,5-9H2. The molecule has 0 bridgehead atoms. The van der Waals surface area contributed by atoms with Gasteiger partial charge in [-0.1, -0.05) is 23.7 Å². The first-order valence-electron chi connectivity index (χ1n) is 5.85. The van der Waals surface area contributed by atoms with Gasteiger partial charge in [-0.05, 0) is 49.5 Å². The van der Waals surface area contributed by atoms with E-state index in [0.29, 0.717) is 11.4 Å². The lowest BCUT2D eigenvalue weighted by molar-refractivity contribution is 0.187. The fourth-order valence-corrected chi connectivity index (χ4v) is 2.34. The van der Waals surface area contributed by atoms with Crippen molar-refractivity contribution in [2.24, 2.45) is 5.92 Å². The van der Waals surface area contributed by atoms with Gasteiger partial charge in [0.1, 0.15) is 6.17 Å². The summed E-state index contributed by atoms with van der Waals surface area (Å²) in [5.41, 5.74) is 1.04. The van der Waals surface area contributed by atoms with Crippen LogP contribution >= 0.6 is 11.6 Å². The maximum atomic E-state index is 14.0. The number of rotatable bonds is 3. The van der Waals surface area contributed by atoms with Crippen LogP contribution in [0.2, 0.25) is 5.02 Å². The molecule has 1 aromatic rings. The summed E-state index contributed by atoms with van der Waals surface area (Å²) in [5, 5.41) is 3.97. The molecule has 1 unspecified atom stereocenters. The van der Waals surface area contributed by atoms with Crippen LogP contribution in [0.4, 0.5) is 4.39 Å². The SMILES string of the molecule is FC(Cc1ccc(Cl)cc1)C1CCNCC1. The number of hydrogen-bond donors (Lipinski definition) is 1. The Labute approximate surface area is 101 Å². The summed E-state index contributed by atoms with van der Waals surface area (Å²) < 4.78 is 14.0. The van der Waals surface area contributed by atoms with Crippen LogP contribution in [0, 0.1) is 5.92 Å². The summed E-state index contributed by atoms with van der Waals surface area (Å²) >= 11 is 5.79. The maximum absolute atomic E-state index is 14.0. The molecule has 1 aliphatic heterocycles. The van der Waals surface area contributed by atoms with E-state index in [1.165, 1.54) is 0 Å². The van der Waals surface area contributed by atoms with E-state index >= 15 is 0 Å². The van der Waals surface area contributed by atoms with E-state index in [9.17, 15) is 4.39 Å². The summed E-state index contributed by atoms with van der Waals surface area (Å²) in [5.74, 6) is 0.219. The molecular formula is C13H17ClFN. The second-order valence-electron chi connectivity index (χ2n) is 4.43. The average Bonchev–Trinajstić information content (AvgIpc) is 2.33. The van der Waals surface area contributed by atoms with Gasteiger partial charge in [-0.2, -0.15) is 0 Å². The van der Waals surface area contributed by atoms with Crippen LogP contribution in [0.25, 0.3) is 0 Å². The molecule has 1 aromatic carbocycles. The predicted octanol–water partition coefficient (Wildman–Crippen LogP) is 3.22. The van der Waals surface area contributed by atoms with Crippen molar-refractivity contribution in [3.05, 3.63) is 34.9 Å². The van der Waals surface area contributed by atoms with Crippen molar-refractivity contribution in [3.8, 4) is 0 Å². The van der Waals surface area contributed by atoms with Gasteiger partial charge in [-0.3, -0.25) is 0 Å². The third-order valence-electron chi connectivity index (χ3n) is 3.24. The predicted molar refractivity (Wildman–Crippen MR) is 65.6 cm³/mol. The Bertz CT molecular complexity index is 319. The normalized spacial score (nSPS) is 19.6. The Balaban J connectivity index is 1.90. The number of hydrogen-bond acceptors (Lipinski definition) is 1. The van der Waals surface area contributed by atoms with Crippen LogP contribution in [0.3, 0.4) is 0 Å². The molecule has 88 valence electrons. The van der Waals surface area contributed by atoms with Gasteiger partial charge < -0.3 is 5.32 Å². The zero-order valence-corrected chi connectivity index (χ0v) is 10.0. The average molecular weight is 242 g/mol. The van der Waals surface area contributed by atoms with Gasteiger partial charge in [0.05, 0.1) is 0 Å². The first-order chi connectivity index (χ1) is 7.75. The zero-order valence-electron chi connectivity index (χ0n) is 9.26. The molecule has 1 nitrogen and oxygen atoms in total. The second-order valence-corrected chi connectivity index (χ2v) is 4.87. The van der Waals surface area contributed by atoms with Crippen LogP contribution in [0.1, 0.15) is 18.4 Å². The van der Waals surface area contributed by atoms with Gasteiger partial charge >= 0.3 is 0 Å². The Morgan fingerprint density at radius 1 is 1.25 bits per heavy atom. The lowest BCUT2D eigenvalue weighted by atomic mass is 9.90. The minimum absolute atomic E-state index is 0.219.